The highest BCUT2D eigenvalue weighted by Gasteiger charge is 2.37. The van der Waals surface area contributed by atoms with Crippen LogP contribution in [0.25, 0.3) is 0 Å². The van der Waals surface area contributed by atoms with Crippen molar-refractivity contribution in [1.82, 2.24) is 9.80 Å². The summed E-state index contributed by atoms with van der Waals surface area (Å²) in [6.45, 7) is 18.2. The number of rotatable bonds is 12. The van der Waals surface area contributed by atoms with Gasteiger partial charge in [0.15, 0.2) is 0 Å². The quantitative estimate of drug-likeness (QED) is 0.358. The summed E-state index contributed by atoms with van der Waals surface area (Å²) in [4.78, 5) is 17.2. The molecule has 0 N–H and O–H groups in total. The minimum atomic E-state index is -0.495. The van der Waals surface area contributed by atoms with Gasteiger partial charge in [-0.05, 0) is 37.8 Å². The maximum atomic E-state index is 12.7. The molecule has 1 aromatic carbocycles. The van der Waals surface area contributed by atoms with E-state index in [4.69, 9.17) is 4.74 Å². The molecule has 1 aliphatic rings. The molecule has 0 amide bonds. The number of benzene rings is 1. The van der Waals surface area contributed by atoms with E-state index < -0.39 is 5.41 Å². The smallest absolute Gasteiger partial charge is 0.324 e. The van der Waals surface area contributed by atoms with E-state index in [-0.39, 0.29) is 23.8 Å². The summed E-state index contributed by atoms with van der Waals surface area (Å²) in [5.41, 5.74) is 0.594. The molecule has 1 saturated heterocycles. The van der Waals surface area contributed by atoms with Crippen molar-refractivity contribution in [2.75, 3.05) is 39.3 Å². The second kappa shape index (κ2) is 12.6. The number of hydrogen-bond donors (Lipinski definition) is 0. The Kier molecular flexibility index (Phi) is 10.2. The average Bonchev–Trinajstić information content (AvgIpc) is 2.81. The van der Waals surface area contributed by atoms with Crippen molar-refractivity contribution in [3.05, 3.63) is 61.2 Å². The van der Waals surface area contributed by atoms with Gasteiger partial charge >= 0.3 is 5.97 Å². The summed E-state index contributed by atoms with van der Waals surface area (Å²) in [7, 11) is 0. The number of carbonyl (C=O) groups is 1. The lowest BCUT2D eigenvalue weighted by atomic mass is 9.70. The predicted octanol–water partition coefficient (Wildman–Crippen LogP) is 4.42. The number of carbonyl (C=O) groups excluding carboxylic acids is 1. The van der Waals surface area contributed by atoms with Crippen LogP contribution in [0.2, 0.25) is 0 Å². The largest absolute Gasteiger partial charge is 0.465 e. The van der Waals surface area contributed by atoms with Crippen LogP contribution in [0.4, 0.5) is 0 Å². The summed E-state index contributed by atoms with van der Waals surface area (Å²) in [5.74, 6) is 0.197. The first-order valence-electron chi connectivity index (χ1n) is 11.8. The van der Waals surface area contributed by atoms with Crippen molar-refractivity contribution in [3.63, 3.8) is 0 Å². The van der Waals surface area contributed by atoms with Gasteiger partial charge < -0.3 is 4.74 Å². The van der Waals surface area contributed by atoms with Crippen LogP contribution in [0.15, 0.2) is 55.6 Å². The molecule has 0 bridgehead atoms. The first kappa shape index (κ1) is 25.8. The van der Waals surface area contributed by atoms with Gasteiger partial charge in [0.1, 0.15) is 6.04 Å². The van der Waals surface area contributed by atoms with E-state index >= 15 is 0 Å². The molecule has 0 aliphatic carbocycles. The zero-order chi connectivity index (χ0) is 23.6. The molecule has 0 spiro atoms. The highest BCUT2D eigenvalue weighted by molar-refractivity contribution is 5.76. The lowest BCUT2D eigenvalue weighted by molar-refractivity contribution is -0.152. The third-order valence-electron chi connectivity index (χ3n) is 6.70. The molecule has 0 saturated carbocycles. The van der Waals surface area contributed by atoms with Gasteiger partial charge in [0.2, 0.25) is 0 Å². The minimum absolute atomic E-state index is 0.145. The first-order valence-corrected chi connectivity index (χ1v) is 11.8. The van der Waals surface area contributed by atoms with E-state index in [1.54, 1.807) is 0 Å². The summed E-state index contributed by atoms with van der Waals surface area (Å²) in [6, 6.07) is 12.5. The van der Waals surface area contributed by atoms with E-state index in [0.29, 0.717) is 13.2 Å². The van der Waals surface area contributed by atoms with E-state index in [1.807, 2.05) is 37.3 Å². The molecule has 32 heavy (non-hydrogen) atoms. The zero-order valence-corrected chi connectivity index (χ0v) is 20.0. The van der Waals surface area contributed by atoms with Gasteiger partial charge in [-0.15, -0.1) is 13.2 Å². The molecule has 1 fully saturated rings. The van der Waals surface area contributed by atoms with Crippen LogP contribution in [0, 0.1) is 23.2 Å². The predicted molar refractivity (Wildman–Crippen MR) is 130 cm³/mol. The van der Waals surface area contributed by atoms with Gasteiger partial charge in [-0.2, -0.15) is 5.26 Å². The average molecular weight is 438 g/mol. The lowest BCUT2D eigenvalue weighted by Gasteiger charge is -2.41. The van der Waals surface area contributed by atoms with Crippen molar-refractivity contribution in [2.24, 2.45) is 11.8 Å². The number of esters is 1. The van der Waals surface area contributed by atoms with Crippen molar-refractivity contribution in [1.29, 1.82) is 5.26 Å². The summed E-state index contributed by atoms with van der Waals surface area (Å²) >= 11 is 0. The molecular formula is C27H39N3O2. The topological polar surface area (TPSA) is 56.6 Å². The van der Waals surface area contributed by atoms with E-state index in [2.05, 4.69) is 55.0 Å². The van der Waals surface area contributed by atoms with Crippen LogP contribution < -0.4 is 0 Å². The van der Waals surface area contributed by atoms with Crippen LogP contribution in [0.1, 0.15) is 39.2 Å². The molecule has 2 atom stereocenters. The molecule has 0 radical (unpaired) electrons. The van der Waals surface area contributed by atoms with Crippen molar-refractivity contribution < 1.29 is 9.53 Å². The SMILES string of the molecule is C=CC(C=C)CN1CCN(CCCC(C#N)(c2ccccc2)C(C)C)CC1C(=O)OCC. The molecule has 2 unspecified atom stereocenters. The van der Waals surface area contributed by atoms with Gasteiger partial charge in [-0.1, -0.05) is 56.3 Å². The van der Waals surface area contributed by atoms with Crippen LogP contribution in [0.5, 0.6) is 0 Å². The summed E-state index contributed by atoms with van der Waals surface area (Å²) in [5, 5.41) is 10.1. The van der Waals surface area contributed by atoms with E-state index in [9.17, 15) is 10.1 Å². The molecular weight excluding hydrogens is 398 g/mol. The standard InChI is InChI=1S/C27H39N3O2/c1-6-23(7-2)19-30-18-17-29(20-25(30)26(31)32-8-3)16-12-15-27(21-28,22(4)5)24-13-10-9-11-14-24/h6-7,9-11,13-14,22-23,25H,1-2,8,12,15-20H2,3-5H3. The first-order chi connectivity index (χ1) is 15.4. The van der Waals surface area contributed by atoms with Gasteiger partial charge in [0, 0.05) is 32.1 Å². The fraction of sp³-hybridized carbons (Fsp3) is 0.556. The summed E-state index contributed by atoms with van der Waals surface area (Å²) < 4.78 is 5.37. The Morgan fingerprint density at radius 1 is 1.28 bits per heavy atom. The van der Waals surface area contributed by atoms with Crippen LogP contribution in [-0.4, -0.2) is 61.1 Å². The molecule has 5 heteroatoms. The number of nitrogens with zero attached hydrogens (tertiary/aromatic N) is 3. The molecule has 0 aromatic heterocycles. The number of nitriles is 1. The van der Waals surface area contributed by atoms with Gasteiger partial charge in [0.05, 0.1) is 18.1 Å². The fourth-order valence-corrected chi connectivity index (χ4v) is 4.61. The third kappa shape index (κ3) is 6.31. The minimum Gasteiger partial charge on any atom is -0.465 e. The van der Waals surface area contributed by atoms with Gasteiger partial charge in [0.25, 0.3) is 0 Å². The highest BCUT2D eigenvalue weighted by atomic mass is 16.5. The van der Waals surface area contributed by atoms with Crippen LogP contribution in [-0.2, 0) is 14.9 Å². The number of piperazine rings is 1. The van der Waals surface area contributed by atoms with Crippen molar-refractivity contribution in [2.45, 2.75) is 45.1 Å². The summed E-state index contributed by atoms with van der Waals surface area (Å²) in [6.07, 6.45) is 5.44. The molecule has 2 rings (SSSR count). The monoisotopic (exact) mass is 437 g/mol. The third-order valence-corrected chi connectivity index (χ3v) is 6.70. The van der Waals surface area contributed by atoms with E-state index in [0.717, 1.165) is 44.6 Å². The van der Waals surface area contributed by atoms with Gasteiger partial charge in [-0.3, -0.25) is 14.6 Å². The normalized spacial score (nSPS) is 19.3. The maximum Gasteiger partial charge on any atom is 0.324 e. The second-order valence-corrected chi connectivity index (χ2v) is 8.91. The van der Waals surface area contributed by atoms with E-state index in [1.165, 1.54) is 0 Å². The Balaban J connectivity index is 2.05. The van der Waals surface area contributed by atoms with Gasteiger partial charge in [-0.25, -0.2) is 0 Å². The number of hydrogen-bond acceptors (Lipinski definition) is 5. The highest BCUT2D eigenvalue weighted by Crippen LogP contribution is 2.36. The van der Waals surface area contributed by atoms with Crippen molar-refractivity contribution in [3.8, 4) is 6.07 Å². The molecule has 5 nitrogen and oxygen atoms in total. The molecule has 1 heterocycles. The Morgan fingerprint density at radius 3 is 2.53 bits per heavy atom. The second-order valence-electron chi connectivity index (χ2n) is 8.91. The molecule has 1 aliphatic heterocycles. The van der Waals surface area contributed by atoms with Crippen LogP contribution >= 0.6 is 0 Å². The maximum absolute atomic E-state index is 12.7. The lowest BCUT2D eigenvalue weighted by Crippen LogP contribution is -2.57. The Bertz CT molecular complexity index is 778. The number of ether oxygens (including phenoxy) is 1. The Morgan fingerprint density at radius 2 is 1.97 bits per heavy atom. The fourth-order valence-electron chi connectivity index (χ4n) is 4.61. The van der Waals surface area contributed by atoms with Crippen LogP contribution in [0.3, 0.4) is 0 Å². The Labute approximate surface area is 194 Å². The molecule has 1 aromatic rings. The Hall–Kier alpha value is -2.42. The zero-order valence-electron chi connectivity index (χ0n) is 20.0. The van der Waals surface area contributed by atoms with Crippen molar-refractivity contribution >= 4 is 5.97 Å². The molecule has 174 valence electrons.